The van der Waals surface area contributed by atoms with E-state index in [-0.39, 0.29) is 109 Å². The number of ether oxygens (including phenoxy) is 7. The van der Waals surface area contributed by atoms with Gasteiger partial charge in [0.25, 0.3) is 16.7 Å². The fraction of sp³-hybridized carbons (Fsp3) is 0.625. The van der Waals surface area contributed by atoms with E-state index in [4.69, 9.17) is 133 Å². The molecule has 6 aromatic rings. The second-order valence-corrected chi connectivity index (χ2v) is 40.2. The largest absolute Gasteiger partial charge is 0.394 e. The normalized spacial score (nSPS) is 28.2. The minimum absolute atomic E-state index is 0.00140. The molecule has 108 heavy (non-hydrogen) atoms. The Hall–Kier alpha value is -4.56. The Labute approximate surface area is 645 Å². The predicted molar refractivity (Wildman–Crippen MR) is 402 cm³/mol. The van der Waals surface area contributed by atoms with Gasteiger partial charge in [0.15, 0.2) is 11.2 Å². The number of rotatable bonds is 36. The van der Waals surface area contributed by atoms with Crippen molar-refractivity contribution < 1.29 is 88.1 Å². The van der Waals surface area contributed by atoms with Gasteiger partial charge in [-0.15, -0.1) is 0 Å². The number of anilines is 3. The molecule has 0 saturated carbocycles. The molecule has 11 heterocycles. The summed E-state index contributed by atoms with van der Waals surface area (Å²) in [5.74, 6) is -0.527. The first-order valence-corrected chi connectivity index (χ1v) is 45.7. The third-order valence-electron chi connectivity index (χ3n) is 17.6. The third kappa shape index (κ3) is 21.3. The molecule has 5 aliphatic heterocycles. The minimum Gasteiger partial charge on any atom is -0.394 e. The van der Waals surface area contributed by atoms with Crippen molar-refractivity contribution in [3.05, 3.63) is 126 Å². The van der Waals surface area contributed by atoms with E-state index in [0.29, 0.717) is 19.6 Å². The van der Waals surface area contributed by atoms with Gasteiger partial charge in [0.1, 0.15) is 79.4 Å². The van der Waals surface area contributed by atoms with Crippen molar-refractivity contribution in [3.8, 4) is 0 Å². The van der Waals surface area contributed by atoms with Gasteiger partial charge in [-0.1, -0.05) is 50.6 Å². The number of nitrogens with one attached hydrogen (secondary N) is 3. The van der Waals surface area contributed by atoms with Crippen molar-refractivity contribution in [2.24, 2.45) is 17.6 Å². The Bertz CT molecular complexity index is 4850. The van der Waals surface area contributed by atoms with Crippen molar-refractivity contribution in [2.75, 3.05) is 89.8 Å². The standard InChI is InChI=1S/C56H79BrN16O26P4S5/c1-27(2)29-14-42(69-7-4-40(59)63-53(69)78)92-36(29)22-89-102(106,86-13-12-85-11-10-84-9-6-58)98-33-17-44(71-19-28(3)49(75)67-55(71)80)94-39(33)25-90-103(107,108)99-34-18-46(73-26-62-47-48(73)65-52(61)66-51(47)77)95-38(34)24-88-101(83,105)97-32-16-43(70-8-5-41(60)64-54(70)79)93-37(32)23-87-100(82,104)96-31-15-45(91-35(31)21-74)72-20-30(57)50(76)68-56(72)81/h4-5,7-8,19-20,26-27,29,31-39,42-46,74H,6,9-18,21-25,58H2,1-3H3,(H,82,104)(H,83,105)(H,107,108)(H2,59,63,78)(H2,60,64,79)(H,67,75,80)(H,68,76,81)(H3,61,65,66,77)/t29?,31?,32?,33?,34?,35-,36-,37-,38-,39-,42-,43-,44-,45-,46-,100?,101?,102?/m1/s1. The van der Waals surface area contributed by atoms with E-state index in [2.05, 4.69) is 75.3 Å². The molecule has 0 bridgehead atoms. The van der Waals surface area contributed by atoms with E-state index in [1.54, 1.807) is 0 Å². The predicted octanol–water partition coefficient (Wildman–Crippen LogP) is 2.32. The maximum absolute atomic E-state index is 14.7. The Morgan fingerprint density at radius 2 is 1.06 bits per heavy atom. The molecule has 12 N–H and O–H groups in total. The number of hydrogen-bond acceptors (Lipinski definition) is 36. The van der Waals surface area contributed by atoms with Crippen LogP contribution in [0.3, 0.4) is 0 Å². The monoisotopic (exact) mass is 1750 g/mol. The number of hydrogen-bond donors (Lipinski definition) is 11. The van der Waals surface area contributed by atoms with Gasteiger partial charge in [-0.25, -0.2) is 33.3 Å². The van der Waals surface area contributed by atoms with Crippen LogP contribution in [0.2, 0.25) is 0 Å². The maximum atomic E-state index is 14.7. The van der Waals surface area contributed by atoms with Crippen LogP contribution in [0.25, 0.3) is 11.2 Å². The highest BCUT2D eigenvalue weighted by Gasteiger charge is 2.49. The average Bonchev–Trinajstić information content (AvgIpc) is 1.62. The van der Waals surface area contributed by atoms with Crippen molar-refractivity contribution >= 4 is 131 Å². The number of nitrogens with zero attached hydrogens (tertiary/aromatic N) is 9. The smallest absolute Gasteiger partial charge is 0.386 e. The first-order valence-electron chi connectivity index (χ1n) is 33.2. The number of aryl methyl sites for hydroxylation is 1. The van der Waals surface area contributed by atoms with E-state index < -0.39 is 178 Å². The van der Waals surface area contributed by atoms with E-state index in [9.17, 15) is 47.8 Å². The highest BCUT2D eigenvalue weighted by atomic mass is 79.9. The summed E-state index contributed by atoms with van der Waals surface area (Å²) in [6.07, 6.45) is -9.97. The molecular formula is C56H79BrN16O26P4S5. The van der Waals surface area contributed by atoms with E-state index in [1.165, 1.54) is 59.3 Å². The first kappa shape index (κ1) is 84.4. The molecule has 19 atom stereocenters. The Kier molecular flexibility index (Phi) is 28.3. The van der Waals surface area contributed by atoms with E-state index in [1.807, 2.05) is 13.8 Å². The second-order valence-electron chi connectivity index (χ2n) is 25.4. The number of fused-ring (bicyclic) bond motifs is 1. The molecule has 42 nitrogen and oxygen atoms in total. The fourth-order valence-corrected chi connectivity index (χ4v) is 19.9. The SMILES string of the molecule is Cc1cn([C@H]2CC(OP(=S)(OCCOCCOCCN)OC[C@H]3O[C@@H](n4ccc(N)nc4=O)CC3C(C)C)[C@@H](COP(=S)(S)OC3C[C@H](n4cnc5c(=O)[nH]c(N)nc54)O[C@@H]3COP(=O)(S)OC3C[C@H](n4ccc(N)nc4=O)O[C@@H]3COP(=O)(S)OC3C[C@H](n4cc(Br)c(=O)[nH]c4=O)O[C@@H]3CO)O2)c(=O)[nH]c1=O. The van der Waals surface area contributed by atoms with Crippen LogP contribution in [0.15, 0.2) is 81.3 Å². The van der Waals surface area contributed by atoms with Crippen LogP contribution in [-0.2, 0) is 107 Å². The van der Waals surface area contributed by atoms with E-state index in [0.717, 1.165) is 13.7 Å². The highest BCUT2D eigenvalue weighted by Crippen LogP contribution is 2.61. The van der Waals surface area contributed by atoms with Crippen molar-refractivity contribution in [1.29, 1.82) is 0 Å². The van der Waals surface area contributed by atoms with Crippen molar-refractivity contribution in [1.82, 2.24) is 57.7 Å². The number of aromatic amines is 3. The number of H-pyrrole nitrogens is 3. The number of aliphatic hydroxyl groups excluding tert-OH is 1. The first-order chi connectivity index (χ1) is 51.2. The molecule has 9 unspecified atom stereocenters. The molecule has 5 aliphatic rings. The summed E-state index contributed by atoms with van der Waals surface area (Å²) in [6, 6.07) is 2.79. The molecule has 0 spiro atoms. The lowest BCUT2D eigenvalue weighted by Crippen LogP contribution is -2.33. The summed E-state index contributed by atoms with van der Waals surface area (Å²) < 4.78 is 133. The number of nitrogen functional groups attached to an aromatic ring is 3. The van der Waals surface area contributed by atoms with Crippen LogP contribution in [0.5, 0.6) is 0 Å². The highest BCUT2D eigenvalue weighted by molar-refractivity contribution is 9.10. The number of nitrogens with two attached hydrogens (primary N) is 4. The van der Waals surface area contributed by atoms with Gasteiger partial charge in [-0.05, 0) is 76.9 Å². The number of aliphatic hydroxyl groups is 1. The zero-order valence-electron chi connectivity index (χ0n) is 57.4. The number of imidazole rings is 1. The van der Waals surface area contributed by atoms with Crippen LogP contribution >= 0.6 is 78.7 Å². The fourth-order valence-electron chi connectivity index (χ4n) is 12.4. The van der Waals surface area contributed by atoms with Crippen molar-refractivity contribution in [3.63, 3.8) is 0 Å². The molecule has 596 valence electrons. The maximum Gasteiger partial charge on any atom is 0.386 e. The molecule has 5 saturated heterocycles. The number of aromatic nitrogens is 12. The quantitative estimate of drug-likeness (QED) is 0.0153. The van der Waals surface area contributed by atoms with Gasteiger partial charge < -0.3 is 83.8 Å². The van der Waals surface area contributed by atoms with Gasteiger partial charge >= 0.3 is 43.1 Å². The summed E-state index contributed by atoms with van der Waals surface area (Å²) in [6.45, 7) is -9.60. The van der Waals surface area contributed by atoms with Crippen LogP contribution in [0.4, 0.5) is 17.6 Å². The molecule has 0 aromatic carbocycles. The molecule has 0 radical (unpaired) electrons. The Morgan fingerprint density at radius 3 is 1.62 bits per heavy atom. The van der Waals surface area contributed by atoms with E-state index >= 15 is 0 Å². The average molecular weight is 1760 g/mol. The Balaban J connectivity index is 0.816. The van der Waals surface area contributed by atoms with Crippen molar-refractivity contribution in [2.45, 2.75) is 139 Å². The molecule has 0 aliphatic carbocycles. The number of halogens is 1. The third-order valence-corrected chi connectivity index (χ3v) is 26.0. The molecule has 11 rings (SSSR count). The summed E-state index contributed by atoms with van der Waals surface area (Å²) in [5, 5.41) is 10.2. The topological polar surface area (TPSA) is 549 Å². The van der Waals surface area contributed by atoms with Gasteiger partial charge in [0, 0.05) is 62.6 Å². The summed E-state index contributed by atoms with van der Waals surface area (Å²) in [7, 11) is 0. The lowest BCUT2D eigenvalue weighted by atomic mass is 9.89. The zero-order chi connectivity index (χ0) is 77.7. The van der Waals surface area contributed by atoms with Gasteiger partial charge in [-0.2, -0.15) is 15.0 Å². The van der Waals surface area contributed by atoms with Gasteiger partial charge in [-0.3, -0.25) is 70.3 Å². The van der Waals surface area contributed by atoms with Gasteiger partial charge in [0.05, 0.1) is 95.2 Å². The molecular weight excluding hydrogens is 1680 g/mol. The summed E-state index contributed by atoms with van der Waals surface area (Å²) in [5.41, 5.74) is 14.1. The molecule has 5 fully saturated rings. The molecule has 0 amide bonds. The summed E-state index contributed by atoms with van der Waals surface area (Å²) in [4.78, 5) is 113. The second kappa shape index (κ2) is 36.3. The van der Waals surface area contributed by atoms with Gasteiger partial charge in [0.2, 0.25) is 11.6 Å². The lowest BCUT2D eigenvalue weighted by molar-refractivity contribution is -0.0531. The van der Waals surface area contributed by atoms with Crippen LogP contribution in [0.1, 0.15) is 82.7 Å². The number of thiol groups is 3. The van der Waals surface area contributed by atoms with Crippen LogP contribution < -0.4 is 62.4 Å². The Morgan fingerprint density at radius 1 is 0.583 bits per heavy atom. The minimum atomic E-state index is -4.69. The molecule has 6 aromatic heterocycles. The molecule has 52 heteroatoms. The lowest BCUT2D eigenvalue weighted by Gasteiger charge is -2.30. The zero-order valence-corrected chi connectivity index (χ0v) is 66.9. The van der Waals surface area contributed by atoms with Crippen LogP contribution in [0, 0.1) is 18.8 Å². The summed E-state index contributed by atoms with van der Waals surface area (Å²) >= 11 is 28.5. The van der Waals surface area contributed by atoms with Crippen LogP contribution in [-0.4, -0.2) is 190 Å².